The number of nitrogens with zero attached hydrogens (tertiary/aromatic N) is 2. The summed E-state index contributed by atoms with van der Waals surface area (Å²) in [7, 11) is 1.63. The number of methoxy groups -OCH3 is 1. The van der Waals surface area contributed by atoms with E-state index >= 15 is 0 Å². The van der Waals surface area contributed by atoms with Gasteiger partial charge in [-0.25, -0.2) is 0 Å². The van der Waals surface area contributed by atoms with Gasteiger partial charge in [0.1, 0.15) is 11.8 Å². The zero-order chi connectivity index (χ0) is 16.2. The topological polar surface area (TPSA) is 62.7 Å². The summed E-state index contributed by atoms with van der Waals surface area (Å²) >= 11 is 0. The Labute approximate surface area is 135 Å². The van der Waals surface area contributed by atoms with Gasteiger partial charge in [0.25, 0.3) is 0 Å². The summed E-state index contributed by atoms with van der Waals surface area (Å²) in [6, 6.07) is 12.9. The molecule has 0 amide bonds. The van der Waals surface area contributed by atoms with Gasteiger partial charge in [0.2, 0.25) is 0 Å². The number of likely N-dealkylation sites (tertiary alicyclic amines) is 1. The molecular weight excluding hydrogens is 292 g/mol. The summed E-state index contributed by atoms with van der Waals surface area (Å²) < 4.78 is 5.22. The van der Waals surface area contributed by atoms with E-state index in [-0.39, 0.29) is 6.04 Å². The van der Waals surface area contributed by atoms with Crippen molar-refractivity contribution in [1.82, 2.24) is 9.88 Å². The summed E-state index contributed by atoms with van der Waals surface area (Å²) in [4.78, 5) is 18.1. The highest BCUT2D eigenvalue weighted by Gasteiger charge is 2.37. The van der Waals surface area contributed by atoms with Gasteiger partial charge in [-0.05, 0) is 42.7 Å². The number of aliphatic carboxylic acids is 1. The van der Waals surface area contributed by atoms with Gasteiger partial charge in [-0.15, -0.1) is 0 Å². The van der Waals surface area contributed by atoms with Gasteiger partial charge in [-0.3, -0.25) is 14.7 Å². The number of carboxylic acids is 1. The Balaban J connectivity index is 2.01. The number of carbonyl (C=O) groups is 1. The molecule has 1 aromatic heterocycles. The number of hydrogen-bond acceptors (Lipinski definition) is 4. The van der Waals surface area contributed by atoms with Crippen LogP contribution in [0.4, 0.5) is 0 Å². The highest BCUT2D eigenvalue weighted by molar-refractivity contribution is 5.74. The molecule has 0 saturated carbocycles. The molecule has 0 bridgehead atoms. The number of aromatic nitrogens is 1. The normalized spacial score (nSPS) is 19.4. The number of benzene rings is 1. The molecule has 5 nitrogen and oxygen atoms in total. The minimum Gasteiger partial charge on any atom is -0.497 e. The lowest BCUT2D eigenvalue weighted by Gasteiger charge is -2.31. The van der Waals surface area contributed by atoms with E-state index in [1.807, 2.05) is 47.4 Å². The summed E-state index contributed by atoms with van der Waals surface area (Å²) in [5, 5.41) is 9.53. The van der Waals surface area contributed by atoms with Gasteiger partial charge in [-0.1, -0.05) is 18.2 Å². The summed E-state index contributed by atoms with van der Waals surface area (Å²) in [6.07, 6.45) is 3.31. The molecule has 120 valence electrons. The van der Waals surface area contributed by atoms with Crippen LogP contribution in [0.3, 0.4) is 0 Å². The van der Waals surface area contributed by atoms with E-state index in [2.05, 4.69) is 4.98 Å². The monoisotopic (exact) mass is 312 g/mol. The maximum absolute atomic E-state index is 11.6. The molecule has 23 heavy (non-hydrogen) atoms. The lowest BCUT2D eigenvalue weighted by atomic mass is 10.00. The lowest BCUT2D eigenvalue weighted by Crippen LogP contribution is -2.39. The van der Waals surface area contributed by atoms with Gasteiger partial charge < -0.3 is 9.84 Å². The first-order chi connectivity index (χ1) is 11.2. The van der Waals surface area contributed by atoms with E-state index < -0.39 is 12.0 Å². The molecule has 3 rings (SSSR count). The summed E-state index contributed by atoms with van der Waals surface area (Å²) in [5.41, 5.74) is 1.89. The number of ether oxygens (including phenoxy) is 1. The van der Waals surface area contributed by atoms with Crippen molar-refractivity contribution in [2.24, 2.45) is 0 Å². The van der Waals surface area contributed by atoms with Crippen molar-refractivity contribution in [3.63, 3.8) is 0 Å². The Kier molecular flexibility index (Phi) is 4.57. The second-order valence-corrected chi connectivity index (χ2v) is 5.66. The van der Waals surface area contributed by atoms with Gasteiger partial charge in [0, 0.05) is 12.7 Å². The van der Waals surface area contributed by atoms with Crippen molar-refractivity contribution in [1.29, 1.82) is 0 Å². The molecule has 0 radical (unpaired) electrons. The van der Waals surface area contributed by atoms with E-state index in [1.165, 1.54) is 0 Å². The second kappa shape index (κ2) is 6.79. The third-order valence-electron chi connectivity index (χ3n) is 4.31. The quantitative estimate of drug-likeness (QED) is 0.920. The van der Waals surface area contributed by atoms with E-state index in [0.717, 1.165) is 30.0 Å². The van der Waals surface area contributed by atoms with E-state index in [1.54, 1.807) is 13.3 Å². The number of pyridine rings is 1. The van der Waals surface area contributed by atoms with Crippen LogP contribution < -0.4 is 4.74 Å². The fourth-order valence-corrected chi connectivity index (χ4v) is 3.22. The molecule has 1 fully saturated rings. The smallest absolute Gasteiger partial charge is 0.320 e. The first-order valence-electron chi connectivity index (χ1n) is 7.74. The van der Waals surface area contributed by atoms with Crippen LogP contribution >= 0.6 is 0 Å². The third-order valence-corrected chi connectivity index (χ3v) is 4.31. The average Bonchev–Trinajstić information content (AvgIpc) is 3.06. The van der Waals surface area contributed by atoms with Crippen LogP contribution in [0.1, 0.15) is 30.1 Å². The van der Waals surface area contributed by atoms with E-state index in [0.29, 0.717) is 6.42 Å². The Morgan fingerprint density at radius 1 is 1.30 bits per heavy atom. The Morgan fingerprint density at radius 3 is 2.70 bits per heavy atom. The number of hydrogen-bond donors (Lipinski definition) is 1. The minimum atomic E-state index is -0.767. The molecule has 0 spiro atoms. The Morgan fingerprint density at radius 2 is 2.09 bits per heavy atom. The fraction of sp³-hybridized carbons (Fsp3) is 0.333. The molecule has 5 heteroatoms. The minimum absolute atomic E-state index is 0.161. The lowest BCUT2D eigenvalue weighted by molar-refractivity contribution is -0.142. The first kappa shape index (κ1) is 15.5. The van der Waals surface area contributed by atoms with Crippen LogP contribution in [0.15, 0.2) is 48.7 Å². The highest BCUT2D eigenvalue weighted by atomic mass is 16.5. The highest BCUT2D eigenvalue weighted by Crippen LogP contribution is 2.34. The maximum atomic E-state index is 11.6. The second-order valence-electron chi connectivity index (χ2n) is 5.66. The largest absolute Gasteiger partial charge is 0.497 e. The van der Waals surface area contributed by atoms with Crippen molar-refractivity contribution in [2.45, 2.75) is 24.9 Å². The molecule has 1 aliphatic heterocycles. The number of carboxylic acid groups (broad SMARTS) is 1. The van der Waals surface area contributed by atoms with Gasteiger partial charge in [-0.2, -0.15) is 0 Å². The van der Waals surface area contributed by atoms with Crippen molar-refractivity contribution in [3.05, 3.63) is 59.9 Å². The van der Waals surface area contributed by atoms with Crippen LogP contribution in [0.25, 0.3) is 0 Å². The van der Waals surface area contributed by atoms with Crippen molar-refractivity contribution in [3.8, 4) is 5.75 Å². The summed E-state index contributed by atoms with van der Waals surface area (Å²) in [6.45, 7) is 0.754. The third kappa shape index (κ3) is 3.19. The van der Waals surface area contributed by atoms with Crippen LogP contribution in [-0.4, -0.2) is 40.7 Å². The fourth-order valence-electron chi connectivity index (χ4n) is 3.22. The van der Waals surface area contributed by atoms with Crippen LogP contribution in [-0.2, 0) is 4.79 Å². The Hall–Kier alpha value is -2.40. The van der Waals surface area contributed by atoms with E-state index in [9.17, 15) is 9.90 Å². The SMILES string of the molecule is COc1ccc(C(c2ccccn2)N2CCCC2C(=O)O)cc1. The zero-order valence-electron chi connectivity index (χ0n) is 13.1. The molecule has 1 aliphatic rings. The predicted molar refractivity (Wildman–Crippen MR) is 86.4 cm³/mol. The number of rotatable bonds is 5. The van der Waals surface area contributed by atoms with E-state index in [4.69, 9.17) is 4.74 Å². The molecule has 1 aromatic carbocycles. The molecule has 1 N–H and O–H groups in total. The average molecular weight is 312 g/mol. The van der Waals surface area contributed by atoms with Crippen LogP contribution in [0.2, 0.25) is 0 Å². The zero-order valence-corrected chi connectivity index (χ0v) is 13.1. The standard InChI is InChI=1S/C18H20N2O3/c1-23-14-9-7-13(8-10-14)17(15-5-2-3-11-19-15)20-12-4-6-16(20)18(21)22/h2-3,5,7-11,16-17H,4,6,12H2,1H3,(H,21,22). The molecule has 0 aliphatic carbocycles. The molecule has 1 saturated heterocycles. The summed E-state index contributed by atoms with van der Waals surface area (Å²) in [5.74, 6) is 0.0154. The molecular formula is C18H20N2O3. The van der Waals surface area contributed by atoms with Crippen LogP contribution in [0, 0.1) is 0 Å². The van der Waals surface area contributed by atoms with Gasteiger partial charge in [0.15, 0.2) is 0 Å². The van der Waals surface area contributed by atoms with Crippen molar-refractivity contribution < 1.29 is 14.6 Å². The van der Waals surface area contributed by atoms with Gasteiger partial charge >= 0.3 is 5.97 Å². The molecule has 2 aromatic rings. The molecule has 2 heterocycles. The maximum Gasteiger partial charge on any atom is 0.320 e. The van der Waals surface area contributed by atoms with Crippen molar-refractivity contribution >= 4 is 5.97 Å². The van der Waals surface area contributed by atoms with Crippen molar-refractivity contribution in [2.75, 3.05) is 13.7 Å². The first-order valence-corrected chi connectivity index (χ1v) is 7.74. The predicted octanol–water partition coefficient (Wildman–Crippen LogP) is 2.73. The van der Waals surface area contributed by atoms with Crippen LogP contribution in [0.5, 0.6) is 5.75 Å². The molecule has 2 unspecified atom stereocenters. The molecule has 2 atom stereocenters. The van der Waals surface area contributed by atoms with Gasteiger partial charge in [0.05, 0.1) is 18.8 Å². The Bertz CT molecular complexity index is 658.